The molecule has 3 rings (SSSR count). The highest BCUT2D eigenvalue weighted by atomic mass is 32.3. The third-order valence-electron chi connectivity index (χ3n) is 3.40. The Bertz CT molecular complexity index is 626. The molecular weight excluding hydrogens is 413 g/mol. The van der Waals surface area contributed by atoms with Gasteiger partial charge in [0.1, 0.15) is 0 Å². The van der Waals surface area contributed by atoms with Gasteiger partial charge in [0.25, 0.3) is 0 Å². The average Bonchev–Trinajstić information content (AvgIpc) is 3.19. The summed E-state index contributed by atoms with van der Waals surface area (Å²) in [7, 11) is 0. The van der Waals surface area contributed by atoms with Crippen LogP contribution in [-0.4, -0.2) is 11.5 Å². The SMILES string of the molecule is N#CCCSC1=C(SCCC#N)SC(=C2SC3=C(CCCC3)S2)S1. The van der Waals surface area contributed by atoms with Crippen molar-refractivity contribution in [3.8, 4) is 12.1 Å². The van der Waals surface area contributed by atoms with Crippen LogP contribution in [0.4, 0.5) is 0 Å². The molecule has 0 N–H and O–H groups in total. The summed E-state index contributed by atoms with van der Waals surface area (Å²) in [6, 6.07) is 4.45. The lowest BCUT2D eigenvalue weighted by atomic mass is 10.1. The lowest BCUT2D eigenvalue weighted by molar-refractivity contribution is 0.718. The minimum Gasteiger partial charge on any atom is -0.198 e. The lowest BCUT2D eigenvalue weighted by Crippen LogP contribution is -1.89. The number of hydrogen-bond donors (Lipinski definition) is 0. The Hall–Kier alpha value is 0.300. The van der Waals surface area contributed by atoms with Gasteiger partial charge in [-0.3, -0.25) is 0 Å². The van der Waals surface area contributed by atoms with Gasteiger partial charge in [-0.2, -0.15) is 10.5 Å². The Morgan fingerprint density at radius 3 is 1.67 bits per heavy atom. The van der Waals surface area contributed by atoms with Crippen LogP contribution in [0, 0.1) is 22.7 Å². The second kappa shape index (κ2) is 9.85. The molecule has 0 fully saturated rings. The highest BCUT2D eigenvalue weighted by molar-refractivity contribution is 8.42. The number of hydrogen-bond acceptors (Lipinski definition) is 8. The van der Waals surface area contributed by atoms with E-state index in [9.17, 15) is 0 Å². The van der Waals surface area contributed by atoms with Crippen LogP contribution in [0.15, 0.2) is 26.8 Å². The van der Waals surface area contributed by atoms with Crippen LogP contribution in [0.2, 0.25) is 0 Å². The number of nitrogens with zero attached hydrogens (tertiary/aromatic N) is 2. The van der Waals surface area contributed by atoms with Gasteiger partial charge >= 0.3 is 0 Å². The maximum absolute atomic E-state index is 8.77. The van der Waals surface area contributed by atoms with E-state index >= 15 is 0 Å². The maximum atomic E-state index is 8.77. The van der Waals surface area contributed by atoms with E-state index in [-0.39, 0.29) is 0 Å². The van der Waals surface area contributed by atoms with E-state index in [0.29, 0.717) is 12.8 Å². The molecule has 0 aromatic heterocycles. The van der Waals surface area contributed by atoms with E-state index in [1.165, 1.54) is 42.6 Å². The minimum absolute atomic E-state index is 0.584. The molecule has 2 nitrogen and oxygen atoms in total. The second-order valence-electron chi connectivity index (χ2n) is 5.12. The third kappa shape index (κ3) is 4.93. The van der Waals surface area contributed by atoms with Crippen molar-refractivity contribution in [3.05, 3.63) is 26.8 Å². The number of rotatable bonds is 6. The fraction of sp³-hybridized carbons (Fsp3) is 0.500. The molecule has 0 aromatic rings. The Balaban J connectivity index is 1.67. The molecule has 24 heavy (non-hydrogen) atoms. The van der Waals surface area contributed by atoms with Gasteiger partial charge in [-0.15, -0.1) is 23.5 Å². The topological polar surface area (TPSA) is 47.6 Å². The molecule has 1 aliphatic carbocycles. The molecule has 8 heteroatoms. The molecule has 0 radical (unpaired) electrons. The number of allylic oxidation sites excluding steroid dienone is 2. The fourth-order valence-corrected chi connectivity index (χ4v) is 11.2. The van der Waals surface area contributed by atoms with Crippen LogP contribution in [0.1, 0.15) is 38.5 Å². The third-order valence-corrected chi connectivity index (χ3v) is 12.2. The van der Waals surface area contributed by atoms with Crippen LogP contribution < -0.4 is 0 Å². The van der Waals surface area contributed by atoms with Crippen LogP contribution >= 0.6 is 70.6 Å². The molecule has 126 valence electrons. The van der Waals surface area contributed by atoms with E-state index in [4.69, 9.17) is 10.5 Å². The first-order valence-corrected chi connectivity index (χ1v) is 13.0. The summed E-state index contributed by atoms with van der Waals surface area (Å²) in [4.78, 5) is 3.19. The van der Waals surface area contributed by atoms with Gasteiger partial charge in [-0.25, -0.2) is 0 Å². The van der Waals surface area contributed by atoms with Crippen LogP contribution in [-0.2, 0) is 0 Å². The van der Waals surface area contributed by atoms with Crippen molar-refractivity contribution >= 4 is 70.6 Å². The van der Waals surface area contributed by atoms with Crippen molar-refractivity contribution in [1.29, 1.82) is 10.5 Å². The smallest absolute Gasteiger partial charge is 0.0717 e. The van der Waals surface area contributed by atoms with Crippen molar-refractivity contribution in [3.63, 3.8) is 0 Å². The van der Waals surface area contributed by atoms with E-state index in [2.05, 4.69) is 12.1 Å². The summed E-state index contributed by atoms with van der Waals surface area (Å²) < 4.78 is 5.50. The molecule has 0 saturated carbocycles. The highest BCUT2D eigenvalue weighted by Crippen LogP contribution is 2.65. The molecule has 0 saturated heterocycles. The largest absolute Gasteiger partial charge is 0.198 e. The Kier molecular flexibility index (Phi) is 7.83. The van der Waals surface area contributed by atoms with E-state index in [1.54, 1.807) is 33.3 Å². The zero-order valence-electron chi connectivity index (χ0n) is 13.0. The van der Waals surface area contributed by atoms with Gasteiger partial charge in [-0.05, 0) is 25.7 Å². The first-order chi connectivity index (χ1) is 11.8. The Morgan fingerprint density at radius 1 is 0.750 bits per heavy atom. The molecule has 0 aromatic carbocycles. The van der Waals surface area contributed by atoms with Gasteiger partial charge in [0.15, 0.2) is 0 Å². The molecule has 0 bridgehead atoms. The summed E-state index contributed by atoms with van der Waals surface area (Å²) in [6.07, 6.45) is 6.33. The first-order valence-electron chi connectivity index (χ1n) is 7.73. The van der Waals surface area contributed by atoms with Crippen LogP contribution in [0.3, 0.4) is 0 Å². The van der Waals surface area contributed by atoms with Crippen molar-refractivity contribution < 1.29 is 0 Å². The van der Waals surface area contributed by atoms with Crippen molar-refractivity contribution in [2.24, 2.45) is 0 Å². The summed E-state index contributed by atoms with van der Waals surface area (Å²) in [5.41, 5.74) is 0. The molecule has 0 amide bonds. The fourth-order valence-electron chi connectivity index (χ4n) is 2.31. The zero-order valence-corrected chi connectivity index (χ0v) is 17.9. The number of nitriles is 2. The quantitative estimate of drug-likeness (QED) is 0.409. The average molecular weight is 429 g/mol. The molecule has 2 aliphatic heterocycles. The molecule has 3 aliphatic rings. The molecule has 0 spiro atoms. The van der Waals surface area contributed by atoms with Gasteiger partial charge < -0.3 is 0 Å². The van der Waals surface area contributed by atoms with Gasteiger partial charge in [-0.1, -0.05) is 47.0 Å². The molecular formula is C16H16N2S6. The summed E-state index contributed by atoms with van der Waals surface area (Å²) >= 11 is 11.3. The Labute approximate surface area is 169 Å². The first kappa shape index (κ1) is 19.1. The van der Waals surface area contributed by atoms with Crippen molar-refractivity contribution in [1.82, 2.24) is 0 Å². The maximum Gasteiger partial charge on any atom is 0.0717 e. The zero-order chi connectivity index (χ0) is 16.8. The molecule has 0 atom stereocenters. The van der Waals surface area contributed by atoms with E-state index in [0.717, 1.165) is 11.5 Å². The summed E-state index contributed by atoms with van der Waals surface area (Å²) in [6.45, 7) is 0. The Morgan fingerprint density at radius 2 is 1.21 bits per heavy atom. The summed E-state index contributed by atoms with van der Waals surface area (Å²) in [5, 5.41) is 17.5. The van der Waals surface area contributed by atoms with Gasteiger partial charge in [0.2, 0.25) is 0 Å². The van der Waals surface area contributed by atoms with Gasteiger partial charge in [0.05, 0.1) is 29.1 Å². The predicted molar refractivity (Wildman–Crippen MR) is 115 cm³/mol. The van der Waals surface area contributed by atoms with Gasteiger partial charge in [0, 0.05) is 34.2 Å². The molecule has 0 unspecified atom stereocenters. The minimum atomic E-state index is 0.584. The summed E-state index contributed by atoms with van der Waals surface area (Å²) in [5.74, 6) is 1.69. The molecule has 2 heterocycles. The van der Waals surface area contributed by atoms with E-state index < -0.39 is 0 Å². The van der Waals surface area contributed by atoms with Crippen molar-refractivity contribution in [2.75, 3.05) is 11.5 Å². The second-order valence-corrected chi connectivity index (χ2v) is 12.6. The normalized spacial score (nSPS) is 20.4. The van der Waals surface area contributed by atoms with Crippen LogP contribution in [0.5, 0.6) is 0 Å². The van der Waals surface area contributed by atoms with E-state index in [1.807, 2.05) is 47.0 Å². The predicted octanol–water partition coefficient (Wildman–Crippen LogP) is 7.28. The van der Waals surface area contributed by atoms with Crippen molar-refractivity contribution in [2.45, 2.75) is 38.5 Å². The monoisotopic (exact) mass is 428 g/mol. The number of thioether (sulfide) groups is 6. The van der Waals surface area contributed by atoms with Crippen LogP contribution in [0.25, 0.3) is 0 Å². The highest BCUT2D eigenvalue weighted by Gasteiger charge is 2.30. The standard InChI is InChI=1S/C16H16N2S6/c17-7-3-9-19-13-14(20-10-4-8-18)24-16(23-13)15-21-11-5-1-2-6-12(11)22-15/h1-6,9-10H2. The lowest BCUT2D eigenvalue weighted by Gasteiger charge is -2.09.